The number of nitrogens with one attached hydrogen (secondary N) is 3. The van der Waals surface area contributed by atoms with Gasteiger partial charge in [-0.25, -0.2) is 8.78 Å². The average Bonchev–Trinajstić information content (AvgIpc) is 3.24. The van der Waals surface area contributed by atoms with Gasteiger partial charge in [-0.1, -0.05) is 6.07 Å². The highest BCUT2D eigenvalue weighted by Crippen LogP contribution is 2.32. The van der Waals surface area contributed by atoms with Gasteiger partial charge in [-0.15, -0.1) is 0 Å². The quantitative estimate of drug-likeness (QED) is 0.624. The minimum Gasteiger partial charge on any atom is -0.381 e. The summed E-state index contributed by atoms with van der Waals surface area (Å²) in [7, 11) is 0. The van der Waals surface area contributed by atoms with Crippen molar-refractivity contribution in [2.75, 3.05) is 18.5 Å². The van der Waals surface area contributed by atoms with Crippen LogP contribution < -0.4 is 10.6 Å². The first-order valence-electron chi connectivity index (χ1n) is 11.2. The summed E-state index contributed by atoms with van der Waals surface area (Å²) in [6.07, 6.45) is 8.70. The van der Waals surface area contributed by atoms with Crippen LogP contribution in [0.15, 0.2) is 24.4 Å². The lowest BCUT2D eigenvalue weighted by atomic mass is 9.79. The second kappa shape index (κ2) is 10.2. The summed E-state index contributed by atoms with van der Waals surface area (Å²) >= 11 is 0. The van der Waals surface area contributed by atoms with Gasteiger partial charge in [0.15, 0.2) is 0 Å². The number of halogens is 2. The predicted molar refractivity (Wildman–Crippen MR) is 114 cm³/mol. The van der Waals surface area contributed by atoms with Crippen LogP contribution in [0.4, 0.5) is 14.5 Å². The predicted octanol–water partition coefficient (Wildman–Crippen LogP) is 4.05. The molecule has 2 heterocycles. The summed E-state index contributed by atoms with van der Waals surface area (Å²) in [4.78, 5) is 25.1. The van der Waals surface area contributed by atoms with Crippen LogP contribution in [-0.2, 0) is 4.74 Å². The largest absolute Gasteiger partial charge is 0.381 e. The number of H-pyrrole nitrogens is 1. The van der Waals surface area contributed by atoms with Crippen LogP contribution in [-0.4, -0.2) is 41.3 Å². The Hall–Kier alpha value is -2.81. The van der Waals surface area contributed by atoms with Gasteiger partial charge in [0.2, 0.25) is 0 Å². The molecule has 2 aliphatic rings. The molecule has 32 heavy (non-hydrogen) atoms. The van der Waals surface area contributed by atoms with Crippen molar-refractivity contribution >= 4 is 17.5 Å². The summed E-state index contributed by atoms with van der Waals surface area (Å²) in [5, 5.41) is 11.7. The van der Waals surface area contributed by atoms with Crippen LogP contribution in [0.1, 0.15) is 65.8 Å². The fraction of sp³-hybridized carbons (Fsp3) is 0.522. The lowest BCUT2D eigenvalue weighted by Crippen LogP contribution is -2.38. The van der Waals surface area contributed by atoms with Gasteiger partial charge < -0.3 is 15.4 Å². The van der Waals surface area contributed by atoms with Crippen molar-refractivity contribution in [3.8, 4) is 0 Å². The molecule has 1 saturated heterocycles. The first-order chi connectivity index (χ1) is 15.5. The zero-order chi connectivity index (χ0) is 22.5. The number of hydrogen-bond acceptors (Lipinski definition) is 4. The van der Waals surface area contributed by atoms with Crippen molar-refractivity contribution in [3.05, 3.63) is 47.3 Å². The molecule has 1 saturated carbocycles. The molecular weight excluding hydrogens is 418 g/mol. The molecule has 0 radical (unpaired) electrons. The number of hydrogen-bond donors (Lipinski definition) is 3. The van der Waals surface area contributed by atoms with E-state index in [0.717, 1.165) is 57.5 Å². The minimum absolute atomic E-state index is 0.0391. The first-order valence-corrected chi connectivity index (χ1v) is 11.2. The van der Waals surface area contributed by atoms with E-state index >= 15 is 0 Å². The fourth-order valence-corrected chi connectivity index (χ4v) is 4.72. The maximum absolute atomic E-state index is 13.9. The number of aromatic nitrogens is 2. The number of aromatic amines is 1. The number of anilines is 1. The fourth-order valence-electron chi connectivity index (χ4n) is 4.72. The highest BCUT2D eigenvalue weighted by atomic mass is 19.1. The molecule has 1 atom stereocenters. The SMILES string of the molecule is O=C(NC1CCC(CC2CCCOC2)CC1)c1[nH]ncc1NC(=O)c1c(F)cccc1F. The van der Waals surface area contributed by atoms with Crippen molar-refractivity contribution < 1.29 is 23.1 Å². The van der Waals surface area contributed by atoms with E-state index < -0.39 is 29.0 Å². The number of benzene rings is 1. The molecule has 0 spiro atoms. The number of carbonyl (C=O) groups is 2. The highest BCUT2D eigenvalue weighted by molar-refractivity contribution is 6.08. The van der Waals surface area contributed by atoms with Crippen LogP contribution in [0.25, 0.3) is 0 Å². The number of rotatable bonds is 6. The van der Waals surface area contributed by atoms with E-state index in [2.05, 4.69) is 20.8 Å². The number of carbonyl (C=O) groups excluding carboxylic acids is 2. The van der Waals surface area contributed by atoms with E-state index in [1.165, 1.54) is 25.1 Å². The van der Waals surface area contributed by atoms with Gasteiger partial charge in [0.25, 0.3) is 11.8 Å². The summed E-state index contributed by atoms with van der Waals surface area (Å²) in [5.74, 6) is -2.04. The van der Waals surface area contributed by atoms with Gasteiger partial charge in [0.1, 0.15) is 22.9 Å². The molecule has 3 N–H and O–H groups in total. The molecule has 1 aliphatic heterocycles. The molecule has 7 nitrogen and oxygen atoms in total. The Labute approximate surface area is 185 Å². The van der Waals surface area contributed by atoms with E-state index in [4.69, 9.17) is 4.74 Å². The maximum Gasteiger partial charge on any atom is 0.271 e. The van der Waals surface area contributed by atoms with E-state index in [1.54, 1.807) is 0 Å². The van der Waals surface area contributed by atoms with Gasteiger partial charge >= 0.3 is 0 Å². The number of ether oxygens (including phenoxy) is 1. The highest BCUT2D eigenvalue weighted by Gasteiger charge is 2.27. The standard InChI is InChI=1S/C23H28F2N4O3/c24-17-4-1-5-18(25)20(17)22(30)28-19-12-26-29-21(19)23(31)27-16-8-6-14(7-9-16)11-15-3-2-10-32-13-15/h1,4-5,12,14-16H,2-3,6-11,13H2,(H,26,29)(H,27,31)(H,28,30). The van der Waals surface area contributed by atoms with Crippen molar-refractivity contribution in [3.63, 3.8) is 0 Å². The minimum atomic E-state index is -0.983. The molecule has 1 unspecified atom stereocenters. The molecule has 4 rings (SSSR count). The van der Waals surface area contributed by atoms with Crippen LogP contribution in [0, 0.1) is 23.5 Å². The van der Waals surface area contributed by atoms with Crippen LogP contribution in [0.5, 0.6) is 0 Å². The molecule has 1 aromatic carbocycles. The average molecular weight is 446 g/mol. The van der Waals surface area contributed by atoms with Gasteiger partial charge in [0.05, 0.1) is 11.9 Å². The third-order valence-electron chi connectivity index (χ3n) is 6.41. The first kappa shape index (κ1) is 22.4. The summed E-state index contributed by atoms with van der Waals surface area (Å²) in [5.41, 5.74) is -0.584. The van der Waals surface area contributed by atoms with Gasteiger partial charge in [0, 0.05) is 19.3 Å². The Morgan fingerprint density at radius 3 is 2.50 bits per heavy atom. The van der Waals surface area contributed by atoms with E-state index in [-0.39, 0.29) is 17.4 Å². The molecule has 2 aromatic rings. The molecule has 2 amide bonds. The molecule has 9 heteroatoms. The van der Waals surface area contributed by atoms with E-state index in [0.29, 0.717) is 11.8 Å². The lowest BCUT2D eigenvalue weighted by Gasteiger charge is -2.32. The van der Waals surface area contributed by atoms with Crippen molar-refractivity contribution in [1.82, 2.24) is 15.5 Å². The Kier molecular flexibility index (Phi) is 7.14. The van der Waals surface area contributed by atoms with Crippen LogP contribution in [0.2, 0.25) is 0 Å². The molecule has 1 aliphatic carbocycles. The molecule has 2 fully saturated rings. The molecular formula is C23H28F2N4O3. The van der Waals surface area contributed by atoms with E-state index in [9.17, 15) is 18.4 Å². The monoisotopic (exact) mass is 446 g/mol. The Morgan fingerprint density at radius 2 is 1.81 bits per heavy atom. The lowest BCUT2D eigenvalue weighted by molar-refractivity contribution is 0.0416. The smallest absolute Gasteiger partial charge is 0.271 e. The summed E-state index contributed by atoms with van der Waals surface area (Å²) < 4.78 is 33.3. The zero-order valence-electron chi connectivity index (χ0n) is 17.8. The second-order valence-electron chi connectivity index (χ2n) is 8.72. The van der Waals surface area contributed by atoms with Crippen molar-refractivity contribution in [1.29, 1.82) is 0 Å². The Bertz CT molecular complexity index is 930. The Balaban J connectivity index is 1.30. The zero-order valence-corrected chi connectivity index (χ0v) is 17.8. The van der Waals surface area contributed by atoms with Gasteiger partial charge in [-0.2, -0.15) is 5.10 Å². The third kappa shape index (κ3) is 5.32. The van der Waals surface area contributed by atoms with E-state index in [1.807, 2.05) is 0 Å². The molecule has 0 bridgehead atoms. The normalized spacial score (nSPS) is 23.5. The molecule has 1 aromatic heterocycles. The third-order valence-corrected chi connectivity index (χ3v) is 6.41. The topological polar surface area (TPSA) is 96.1 Å². The summed E-state index contributed by atoms with van der Waals surface area (Å²) in [6, 6.07) is 3.21. The van der Waals surface area contributed by atoms with Gasteiger partial charge in [-0.3, -0.25) is 14.7 Å². The summed E-state index contributed by atoms with van der Waals surface area (Å²) in [6.45, 7) is 1.74. The van der Waals surface area contributed by atoms with Crippen molar-refractivity contribution in [2.45, 2.75) is 51.0 Å². The number of nitrogens with zero attached hydrogens (tertiary/aromatic N) is 1. The van der Waals surface area contributed by atoms with Crippen LogP contribution in [0.3, 0.4) is 0 Å². The molecule has 172 valence electrons. The van der Waals surface area contributed by atoms with Gasteiger partial charge in [-0.05, 0) is 68.9 Å². The van der Waals surface area contributed by atoms with Crippen molar-refractivity contribution in [2.24, 2.45) is 11.8 Å². The number of amides is 2. The Morgan fingerprint density at radius 1 is 1.06 bits per heavy atom. The second-order valence-corrected chi connectivity index (χ2v) is 8.72. The van der Waals surface area contributed by atoms with Crippen LogP contribution >= 0.6 is 0 Å². The maximum atomic E-state index is 13.9.